The molecule has 0 N–H and O–H groups in total. The molecule has 2 aromatic rings. The minimum atomic E-state index is -3.84. The summed E-state index contributed by atoms with van der Waals surface area (Å²) in [6.07, 6.45) is 1.67. The second kappa shape index (κ2) is 7.69. The molecular formula is C17H18N2O3S. The second-order valence-electron chi connectivity index (χ2n) is 4.89. The number of rotatable bonds is 5. The van der Waals surface area contributed by atoms with Crippen molar-refractivity contribution in [3.05, 3.63) is 65.7 Å². The van der Waals surface area contributed by atoms with Gasteiger partial charge in [0.1, 0.15) is 0 Å². The molecule has 0 amide bonds. The first-order valence-corrected chi connectivity index (χ1v) is 8.55. The minimum Gasteiger partial charge on any atom is -0.340 e. The van der Waals surface area contributed by atoms with E-state index in [2.05, 4.69) is 9.55 Å². The average Bonchev–Trinajstić information content (AvgIpc) is 2.54. The normalized spacial score (nSPS) is 12.5. The molecule has 0 heterocycles. The summed E-state index contributed by atoms with van der Waals surface area (Å²) in [6, 6.07) is 15.9. The summed E-state index contributed by atoms with van der Waals surface area (Å²) in [5, 5.41) is 3.64. The van der Waals surface area contributed by atoms with Crippen molar-refractivity contribution in [2.75, 3.05) is 0 Å². The highest BCUT2D eigenvalue weighted by Crippen LogP contribution is 2.14. The first kappa shape index (κ1) is 16.9. The third-order valence-corrected chi connectivity index (χ3v) is 4.31. The van der Waals surface area contributed by atoms with Gasteiger partial charge in [0.05, 0.1) is 11.3 Å². The Morgan fingerprint density at radius 3 is 2.35 bits per heavy atom. The first-order valence-electron chi connectivity index (χ1n) is 7.11. The van der Waals surface area contributed by atoms with Gasteiger partial charge in [-0.15, -0.1) is 4.40 Å². The summed E-state index contributed by atoms with van der Waals surface area (Å²) in [4.78, 5) is 5.24. The maximum atomic E-state index is 12.4. The number of nitrogens with zero attached hydrogens (tertiary/aromatic N) is 2. The van der Waals surface area contributed by atoms with Crippen molar-refractivity contribution in [2.45, 2.75) is 25.2 Å². The van der Waals surface area contributed by atoms with Gasteiger partial charge in [-0.3, -0.25) is 0 Å². The molecule has 0 atom stereocenters. The summed E-state index contributed by atoms with van der Waals surface area (Å²) >= 11 is 0. The number of sulfonamides is 1. The zero-order valence-corrected chi connectivity index (χ0v) is 13.8. The highest BCUT2D eigenvalue weighted by molar-refractivity contribution is 7.90. The van der Waals surface area contributed by atoms with Crippen molar-refractivity contribution >= 4 is 22.1 Å². The van der Waals surface area contributed by atoms with E-state index in [1.54, 1.807) is 19.1 Å². The van der Waals surface area contributed by atoms with Crippen LogP contribution in [0.5, 0.6) is 0 Å². The summed E-state index contributed by atoms with van der Waals surface area (Å²) in [7, 11) is -3.84. The summed E-state index contributed by atoms with van der Waals surface area (Å²) in [5.41, 5.74) is 1.86. The largest absolute Gasteiger partial charge is 0.340 e. The molecule has 0 unspecified atom stereocenters. The molecule has 23 heavy (non-hydrogen) atoms. The van der Waals surface area contributed by atoms with E-state index in [4.69, 9.17) is 4.84 Å². The highest BCUT2D eigenvalue weighted by atomic mass is 32.2. The van der Waals surface area contributed by atoms with Crippen molar-refractivity contribution in [3.8, 4) is 0 Å². The molecular weight excluding hydrogens is 312 g/mol. The van der Waals surface area contributed by atoms with Crippen molar-refractivity contribution in [1.29, 1.82) is 0 Å². The number of hydrogen-bond donors (Lipinski definition) is 0. The fourth-order valence-corrected chi connectivity index (χ4v) is 2.81. The van der Waals surface area contributed by atoms with Crippen LogP contribution in [0.1, 0.15) is 18.1 Å². The van der Waals surface area contributed by atoms with Crippen molar-refractivity contribution in [2.24, 2.45) is 9.55 Å². The number of benzene rings is 2. The third-order valence-electron chi connectivity index (χ3n) is 3.00. The molecule has 0 saturated carbocycles. The van der Waals surface area contributed by atoms with Gasteiger partial charge in [-0.05, 0) is 31.5 Å². The average molecular weight is 330 g/mol. The third kappa shape index (κ3) is 5.03. The predicted octanol–water partition coefficient (Wildman–Crippen LogP) is 3.35. The molecule has 0 aromatic heterocycles. The lowest BCUT2D eigenvalue weighted by Crippen LogP contribution is -2.10. The number of aryl methyl sites for hydroxylation is 1. The molecule has 0 aliphatic heterocycles. The maximum absolute atomic E-state index is 12.4. The molecule has 0 saturated heterocycles. The Bertz CT molecular complexity index is 795. The van der Waals surface area contributed by atoms with Crippen LogP contribution < -0.4 is 0 Å². The molecule has 0 radical (unpaired) electrons. The fourth-order valence-electron chi connectivity index (χ4n) is 1.86. The lowest BCUT2D eigenvalue weighted by molar-refractivity contribution is 0.323. The van der Waals surface area contributed by atoms with Gasteiger partial charge in [-0.25, -0.2) is 0 Å². The van der Waals surface area contributed by atoms with Crippen molar-refractivity contribution < 1.29 is 13.3 Å². The van der Waals surface area contributed by atoms with Gasteiger partial charge in [0.25, 0.3) is 10.0 Å². The Morgan fingerprint density at radius 1 is 1.09 bits per heavy atom. The van der Waals surface area contributed by atoms with Crippen LogP contribution in [0, 0.1) is 6.92 Å². The van der Waals surface area contributed by atoms with Crippen LogP contribution in [0.15, 0.2) is 69.0 Å². The molecule has 2 rings (SSSR count). The van der Waals surface area contributed by atoms with Crippen LogP contribution in [0.3, 0.4) is 0 Å². The van der Waals surface area contributed by atoms with E-state index in [0.29, 0.717) is 0 Å². The number of hydrogen-bond acceptors (Lipinski definition) is 4. The lowest BCUT2D eigenvalue weighted by Gasteiger charge is -2.05. The molecule has 5 nitrogen and oxygen atoms in total. The van der Waals surface area contributed by atoms with E-state index in [1.807, 2.05) is 37.3 Å². The molecule has 0 spiro atoms. The van der Waals surface area contributed by atoms with E-state index in [0.717, 1.165) is 11.1 Å². The molecule has 2 aromatic carbocycles. The van der Waals surface area contributed by atoms with Crippen LogP contribution in [-0.2, 0) is 21.3 Å². The Kier molecular flexibility index (Phi) is 5.65. The van der Waals surface area contributed by atoms with Crippen molar-refractivity contribution in [1.82, 2.24) is 0 Å². The summed E-state index contributed by atoms with van der Waals surface area (Å²) in [6.45, 7) is 3.56. The van der Waals surface area contributed by atoms with Gasteiger partial charge in [0, 0.05) is 6.21 Å². The molecule has 120 valence electrons. The smallest absolute Gasteiger partial charge is 0.285 e. The predicted molar refractivity (Wildman–Crippen MR) is 91.2 cm³/mol. The van der Waals surface area contributed by atoms with E-state index >= 15 is 0 Å². The zero-order valence-electron chi connectivity index (χ0n) is 13.0. The van der Waals surface area contributed by atoms with Crippen LogP contribution in [0.4, 0.5) is 0 Å². The molecule has 0 aliphatic carbocycles. The lowest BCUT2D eigenvalue weighted by atomic mass is 10.1. The summed E-state index contributed by atoms with van der Waals surface area (Å²) < 4.78 is 28.6. The van der Waals surface area contributed by atoms with Gasteiger partial charge in [-0.1, -0.05) is 53.2 Å². The van der Waals surface area contributed by atoms with E-state index in [1.165, 1.54) is 18.3 Å². The maximum Gasteiger partial charge on any atom is 0.285 e. The fraction of sp³-hybridized carbons (Fsp3) is 0.176. The van der Waals surface area contributed by atoms with Gasteiger partial charge < -0.3 is 4.84 Å². The Hall–Kier alpha value is -2.47. The second-order valence-corrected chi connectivity index (χ2v) is 6.49. The minimum absolute atomic E-state index is 0.0230. The topological polar surface area (TPSA) is 68.1 Å². The quantitative estimate of drug-likeness (QED) is 0.479. The Labute approximate surface area is 136 Å². The van der Waals surface area contributed by atoms with Gasteiger partial charge in [0.15, 0.2) is 0 Å². The van der Waals surface area contributed by atoms with Crippen LogP contribution in [0.25, 0.3) is 0 Å². The summed E-state index contributed by atoms with van der Waals surface area (Å²) in [5.74, 6) is 0.0230. The SMILES string of the molecule is C/C=N/O/C(Cc1ccccc1)=N\S(=O)(=O)c1ccc(C)cc1. The van der Waals surface area contributed by atoms with Gasteiger partial charge >= 0.3 is 0 Å². The van der Waals surface area contributed by atoms with Gasteiger partial charge in [-0.2, -0.15) is 8.42 Å². The monoisotopic (exact) mass is 330 g/mol. The van der Waals surface area contributed by atoms with E-state index < -0.39 is 10.0 Å². The molecule has 0 aliphatic rings. The van der Waals surface area contributed by atoms with Gasteiger partial charge in [0.2, 0.25) is 5.90 Å². The molecule has 0 fully saturated rings. The first-order chi connectivity index (χ1) is 11.0. The highest BCUT2D eigenvalue weighted by Gasteiger charge is 2.16. The van der Waals surface area contributed by atoms with E-state index in [-0.39, 0.29) is 17.2 Å². The van der Waals surface area contributed by atoms with Crippen molar-refractivity contribution in [3.63, 3.8) is 0 Å². The number of oxime groups is 1. The Morgan fingerprint density at radius 2 is 1.74 bits per heavy atom. The molecule has 6 heteroatoms. The zero-order chi connectivity index (χ0) is 16.7. The van der Waals surface area contributed by atoms with Crippen LogP contribution >= 0.6 is 0 Å². The van der Waals surface area contributed by atoms with E-state index in [9.17, 15) is 8.42 Å². The van der Waals surface area contributed by atoms with Crippen LogP contribution in [-0.4, -0.2) is 20.5 Å². The standard InChI is InChI=1S/C17H18N2O3S/c1-3-18-22-17(13-15-7-5-4-6-8-15)19-23(20,21)16-11-9-14(2)10-12-16/h3-12H,13H2,1-2H3/b18-3+,19-17-. The van der Waals surface area contributed by atoms with Crippen LogP contribution in [0.2, 0.25) is 0 Å². The Balaban J connectivity index is 2.33. The molecule has 0 bridgehead atoms.